The molecule has 1 fully saturated rings. The van der Waals surface area contributed by atoms with Crippen molar-refractivity contribution in [1.29, 1.82) is 0 Å². The van der Waals surface area contributed by atoms with Crippen LogP contribution in [0.1, 0.15) is 40.5 Å². The van der Waals surface area contributed by atoms with Crippen molar-refractivity contribution in [3.63, 3.8) is 0 Å². The van der Waals surface area contributed by atoms with Crippen LogP contribution in [-0.2, 0) is 4.79 Å². The molecule has 0 spiro atoms. The van der Waals surface area contributed by atoms with Crippen molar-refractivity contribution in [2.24, 2.45) is 11.8 Å². The van der Waals surface area contributed by atoms with Crippen LogP contribution in [0.2, 0.25) is 0 Å². The summed E-state index contributed by atoms with van der Waals surface area (Å²) in [6, 6.07) is 0.531. The minimum Gasteiger partial charge on any atom is -0.341 e. The number of halogens is 1. The SMILES string of the molecule is CNCC1CCCN1CC(=O)N(CC(C)C)CC(C)C.Cl. The van der Waals surface area contributed by atoms with Gasteiger partial charge in [-0.2, -0.15) is 0 Å². The molecular weight excluding hydrogens is 286 g/mol. The van der Waals surface area contributed by atoms with E-state index in [2.05, 4.69) is 42.8 Å². The summed E-state index contributed by atoms with van der Waals surface area (Å²) in [5.41, 5.74) is 0. The molecule has 1 saturated heterocycles. The topological polar surface area (TPSA) is 35.6 Å². The second kappa shape index (κ2) is 10.4. The molecular formula is C16H34ClN3O. The van der Waals surface area contributed by atoms with Gasteiger partial charge in [-0.1, -0.05) is 27.7 Å². The van der Waals surface area contributed by atoms with Gasteiger partial charge in [-0.15, -0.1) is 12.4 Å². The summed E-state index contributed by atoms with van der Waals surface area (Å²) in [7, 11) is 1.99. The van der Waals surface area contributed by atoms with Gasteiger partial charge in [0.25, 0.3) is 0 Å². The number of hydrogen-bond acceptors (Lipinski definition) is 3. The van der Waals surface area contributed by atoms with Crippen LogP contribution in [0, 0.1) is 11.8 Å². The second-order valence-corrected chi connectivity index (χ2v) is 6.91. The lowest BCUT2D eigenvalue weighted by molar-refractivity contribution is -0.133. The fourth-order valence-corrected chi connectivity index (χ4v) is 3.00. The van der Waals surface area contributed by atoms with Gasteiger partial charge in [0, 0.05) is 25.7 Å². The summed E-state index contributed by atoms with van der Waals surface area (Å²) < 4.78 is 0. The number of likely N-dealkylation sites (N-methyl/N-ethyl adjacent to an activating group) is 1. The summed E-state index contributed by atoms with van der Waals surface area (Å²) in [5, 5.41) is 3.24. The average Bonchev–Trinajstić information content (AvgIpc) is 2.75. The Kier molecular flexibility index (Phi) is 10.3. The fourth-order valence-electron chi connectivity index (χ4n) is 3.00. The van der Waals surface area contributed by atoms with Crippen molar-refractivity contribution >= 4 is 18.3 Å². The summed E-state index contributed by atoms with van der Waals surface area (Å²) >= 11 is 0. The Hall–Kier alpha value is -0.320. The monoisotopic (exact) mass is 319 g/mol. The van der Waals surface area contributed by atoms with E-state index < -0.39 is 0 Å². The van der Waals surface area contributed by atoms with Gasteiger partial charge in [-0.3, -0.25) is 9.69 Å². The number of rotatable bonds is 8. The van der Waals surface area contributed by atoms with Gasteiger partial charge in [0.15, 0.2) is 0 Å². The van der Waals surface area contributed by atoms with Crippen molar-refractivity contribution in [2.45, 2.75) is 46.6 Å². The molecule has 1 heterocycles. The average molecular weight is 320 g/mol. The van der Waals surface area contributed by atoms with Crippen LogP contribution in [0.3, 0.4) is 0 Å². The minimum atomic E-state index is 0. The highest BCUT2D eigenvalue weighted by Gasteiger charge is 2.27. The Morgan fingerprint density at radius 3 is 2.29 bits per heavy atom. The van der Waals surface area contributed by atoms with Gasteiger partial charge in [0.2, 0.25) is 5.91 Å². The summed E-state index contributed by atoms with van der Waals surface area (Å²) in [5.74, 6) is 1.36. The van der Waals surface area contributed by atoms with E-state index in [0.717, 1.165) is 26.2 Å². The summed E-state index contributed by atoms with van der Waals surface area (Å²) in [6.45, 7) is 13.1. The highest BCUT2D eigenvalue weighted by Crippen LogP contribution is 2.17. The number of nitrogens with zero attached hydrogens (tertiary/aromatic N) is 2. The Morgan fingerprint density at radius 1 is 1.24 bits per heavy atom. The molecule has 0 aromatic carbocycles. The van der Waals surface area contributed by atoms with Crippen LogP contribution in [-0.4, -0.2) is 61.5 Å². The predicted octanol–water partition coefficient (Wildman–Crippen LogP) is 2.23. The lowest BCUT2D eigenvalue weighted by Crippen LogP contribution is -2.46. The first-order valence-corrected chi connectivity index (χ1v) is 8.10. The minimum absolute atomic E-state index is 0. The van der Waals surface area contributed by atoms with E-state index in [9.17, 15) is 4.79 Å². The zero-order valence-electron chi connectivity index (χ0n) is 14.4. The molecule has 1 rings (SSSR count). The molecule has 1 N–H and O–H groups in total. The maximum atomic E-state index is 12.6. The number of amides is 1. The third kappa shape index (κ3) is 7.48. The summed E-state index contributed by atoms with van der Waals surface area (Å²) in [4.78, 5) is 17.0. The second-order valence-electron chi connectivity index (χ2n) is 6.91. The molecule has 0 saturated carbocycles. The third-order valence-electron chi connectivity index (χ3n) is 3.80. The Bertz CT molecular complexity index is 287. The van der Waals surface area contributed by atoms with Crippen LogP contribution in [0.25, 0.3) is 0 Å². The molecule has 4 nitrogen and oxygen atoms in total. The lowest BCUT2D eigenvalue weighted by Gasteiger charge is -2.30. The van der Waals surface area contributed by atoms with E-state index >= 15 is 0 Å². The van der Waals surface area contributed by atoms with Crippen molar-refractivity contribution in [2.75, 3.05) is 39.8 Å². The van der Waals surface area contributed by atoms with E-state index in [-0.39, 0.29) is 12.4 Å². The van der Waals surface area contributed by atoms with Gasteiger partial charge < -0.3 is 10.2 Å². The molecule has 126 valence electrons. The molecule has 1 amide bonds. The van der Waals surface area contributed by atoms with Gasteiger partial charge in [0.05, 0.1) is 6.54 Å². The zero-order chi connectivity index (χ0) is 15.1. The van der Waals surface area contributed by atoms with Crippen molar-refractivity contribution < 1.29 is 4.79 Å². The van der Waals surface area contributed by atoms with Gasteiger partial charge in [-0.25, -0.2) is 0 Å². The summed E-state index contributed by atoms with van der Waals surface area (Å²) in [6.07, 6.45) is 2.43. The van der Waals surface area contributed by atoms with Crippen LogP contribution >= 0.6 is 12.4 Å². The number of carbonyl (C=O) groups excluding carboxylic acids is 1. The molecule has 0 aliphatic carbocycles. The first-order valence-electron chi connectivity index (χ1n) is 8.10. The third-order valence-corrected chi connectivity index (χ3v) is 3.80. The largest absolute Gasteiger partial charge is 0.341 e. The van der Waals surface area contributed by atoms with Crippen LogP contribution in [0.5, 0.6) is 0 Å². The fraction of sp³-hybridized carbons (Fsp3) is 0.938. The zero-order valence-corrected chi connectivity index (χ0v) is 15.2. The van der Waals surface area contributed by atoms with Crippen molar-refractivity contribution in [3.05, 3.63) is 0 Å². The van der Waals surface area contributed by atoms with Crippen LogP contribution in [0.4, 0.5) is 0 Å². The molecule has 0 bridgehead atoms. The molecule has 1 unspecified atom stereocenters. The van der Waals surface area contributed by atoms with E-state index in [1.165, 1.54) is 12.8 Å². The quantitative estimate of drug-likeness (QED) is 0.745. The predicted molar refractivity (Wildman–Crippen MR) is 92.0 cm³/mol. The van der Waals surface area contributed by atoms with E-state index in [1.807, 2.05) is 7.05 Å². The number of likely N-dealkylation sites (tertiary alicyclic amines) is 1. The first-order chi connectivity index (χ1) is 9.43. The molecule has 5 heteroatoms. The number of hydrogen-bond donors (Lipinski definition) is 1. The first kappa shape index (κ1) is 20.7. The number of nitrogens with one attached hydrogen (secondary N) is 1. The highest BCUT2D eigenvalue weighted by molar-refractivity contribution is 5.85. The normalized spacial score (nSPS) is 19.1. The van der Waals surface area contributed by atoms with Crippen LogP contribution < -0.4 is 5.32 Å². The Labute approximate surface area is 137 Å². The van der Waals surface area contributed by atoms with E-state index in [1.54, 1.807) is 0 Å². The standard InChI is InChI=1S/C16H33N3O.ClH/c1-13(2)10-19(11-14(3)4)16(20)12-18-8-6-7-15(18)9-17-5;/h13-15,17H,6-12H2,1-5H3;1H. The van der Waals surface area contributed by atoms with Crippen LogP contribution in [0.15, 0.2) is 0 Å². The molecule has 1 aliphatic rings. The molecule has 1 atom stereocenters. The Balaban J connectivity index is 0.00000400. The smallest absolute Gasteiger partial charge is 0.236 e. The highest BCUT2D eigenvalue weighted by atomic mass is 35.5. The van der Waals surface area contributed by atoms with E-state index in [4.69, 9.17) is 0 Å². The lowest BCUT2D eigenvalue weighted by atomic mass is 10.1. The molecule has 1 aliphatic heterocycles. The number of carbonyl (C=O) groups is 1. The molecule has 0 radical (unpaired) electrons. The molecule has 0 aromatic heterocycles. The Morgan fingerprint density at radius 2 is 1.81 bits per heavy atom. The molecule has 0 aromatic rings. The van der Waals surface area contributed by atoms with Crippen molar-refractivity contribution in [3.8, 4) is 0 Å². The maximum Gasteiger partial charge on any atom is 0.236 e. The van der Waals surface area contributed by atoms with Gasteiger partial charge in [-0.05, 0) is 38.3 Å². The maximum absolute atomic E-state index is 12.6. The van der Waals surface area contributed by atoms with Crippen molar-refractivity contribution in [1.82, 2.24) is 15.1 Å². The van der Waals surface area contributed by atoms with Gasteiger partial charge in [0.1, 0.15) is 0 Å². The van der Waals surface area contributed by atoms with E-state index in [0.29, 0.717) is 30.3 Å². The van der Waals surface area contributed by atoms with Gasteiger partial charge >= 0.3 is 0 Å². The molecule has 21 heavy (non-hydrogen) atoms.